The summed E-state index contributed by atoms with van der Waals surface area (Å²) in [5.74, 6) is -0.382. The molecule has 2 aliphatic heterocycles. The summed E-state index contributed by atoms with van der Waals surface area (Å²) in [4.78, 5) is 35.5. The van der Waals surface area contributed by atoms with Crippen molar-refractivity contribution in [3.63, 3.8) is 0 Å². The SMILES string of the molecule is O=C(C[C@H]1NC(=O)NC1=O)N[C@H]1CCSc2ccc(F)cc21. The molecule has 2 atom stereocenters. The van der Waals surface area contributed by atoms with Crippen LogP contribution in [0.5, 0.6) is 0 Å². The Bertz CT molecular complexity index is 652. The number of hydrogen-bond acceptors (Lipinski definition) is 4. The maximum atomic E-state index is 13.4. The molecule has 0 unspecified atom stereocenters. The second-order valence-corrected chi connectivity index (χ2v) is 6.30. The maximum Gasteiger partial charge on any atom is 0.322 e. The van der Waals surface area contributed by atoms with Gasteiger partial charge in [-0.1, -0.05) is 0 Å². The van der Waals surface area contributed by atoms with Crippen LogP contribution in [0, 0.1) is 5.82 Å². The number of hydrogen-bond donors (Lipinski definition) is 3. The normalized spacial score (nSPS) is 23.5. The lowest BCUT2D eigenvalue weighted by molar-refractivity contribution is -0.126. The van der Waals surface area contributed by atoms with Crippen LogP contribution < -0.4 is 16.0 Å². The molecule has 0 saturated carbocycles. The third-order valence-electron chi connectivity index (χ3n) is 3.59. The smallest absolute Gasteiger partial charge is 0.322 e. The van der Waals surface area contributed by atoms with Gasteiger partial charge in [0.25, 0.3) is 5.91 Å². The summed E-state index contributed by atoms with van der Waals surface area (Å²) >= 11 is 1.62. The van der Waals surface area contributed by atoms with Crippen molar-refractivity contribution >= 4 is 29.6 Å². The van der Waals surface area contributed by atoms with Crippen molar-refractivity contribution in [1.29, 1.82) is 0 Å². The van der Waals surface area contributed by atoms with Crippen LogP contribution >= 0.6 is 11.8 Å². The molecule has 0 bridgehead atoms. The molecule has 2 aliphatic rings. The van der Waals surface area contributed by atoms with Gasteiger partial charge in [0.2, 0.25) is 5.91 Å². The second kappa shape index (κ2) is 5.96. The van der Waals surface area contributed by atoms with Crippen molar-refractivity contribution in [1.82, 2.24) is 16.0 Å². The van der Waals surface area contributed by atoms with E-state index in [-0.39, 0.29) is 24.2 Å². The first-order valence-corrected chi connectivity index (χ1v) is 7.84. The molecule has 1 fully saturated rings. The molecule has 1 saturated heterocycles. The first kappa shape index (κ1) is 14.8. The van der Waals surface area contributed by atoms with Crippen molar-refractivity contribution < 1.29 is 18.8 Å². The summed E-state index contributed by atoms with van der Waals surface area (Å²) < 4.78 is 13.4. The lowest BCUT2D eigenvalue weighted by atomic mass is 10.0. The number of carbonyl (C=O) groups is 3. The first-order chi connectivity index (χ1) is 10.5. The fourth-order valence-corrected chi connectivity index (χ4v) is 3.66. The van der Waals surface area contributed by atoms with E-state index in [4.69, 9.17) is 0 Å². The van der Waals surface area contributed by atoms with Gasteiger partial charge in [0.05, 0.1) is 12.5 Å². The van der Waals surface area contributed by atoms with Crippen LogP contribution in [0.25, 0.3) is 0 Å². The number of halogens is 1. The monoisotopic (exact) mass is 323 g/mol. The highest BCUT2D eigenvalue weighted by atomic mass is 32.2. The highest BCUT2D eigenvalue weighted by Crippen LogP contribution is 2.36. The number of amides is 4. The highest BCUT2D eigenvalue weighted by molar-refractivity contribution is 7.99. The van der Waals surface area contributed by atoms with Gasteiger partial charge >= 0.3 is 6.03 Å². The average molecular weight is 323 g/mol. The number of urea groups is 1. The molecule has 3 N–H and O–H groups in total. The first-order valence-electron chi connectivity index (χ1n) is 6.86. The largest absolute Gasteiger partial charge is 0.349 e. The lowest BCUT2D eigenvalue weighted by Gasteiger charge is -2.26. The molecule has 8 heteroatoms. The van der Waals surface area contributed by atoms with E-state index >= 15 is 0 Å². The molecule has 0 aliphatic carbocycles. The van der Waals surface area contributed by atoms with Crippen LogP contribution in [-0.2, 0) is 9.59 Å². The molecule has 4 amide bonds. The molecular weight excluding hydrogens is 309 g/mol. The Labute approximate surface area is 130 Å². The molecule has 22 heavy (non-hydrogen) atoms. The van der Waals surface area contributed by atoms with E-state index < -0.39 is 18.0 Å². The van der Waals surface area contributed by atoms with Gasteiger partial charge in [-0.15, -0.1) is 11.8 Å². The van der Waals surface area contributed by atoms with E-state index in [1.807, 2.05) is 0 Å². The molecular formula is C14H14FN3O3S. The number of imide groups is 1. The predicted molar refractivity (Wildman–Crippen MR) is 77.7 cm³/mol. The Morgan fingerprint density at radius 2 is 2.23 bits per heavy atom. The zero-order valence-electron chi connectivity index (χ0n) is 11.5. The summed E-state index contributed by atoms with van der Waals surface area (Å²) in [5, 5.41) is 7.27. The topological polar surface area (TPSA) is 87.3 Å². The third-order valence-corrected chi connectivity index (χ3v) is 4.72. The number of rotatable bonds is 3. The number of fused-ring (bicyclic) bond motifs is 1. The molecule has 3 rings (SSSR count). The Balaban J connectivity index is 1.67. The van der Waals surface area contributed by atoms with Crippen molar-refractivity contribution in [3.05, 3.63) is 29.6 Å². The van der Waals surface area contributed by atoms with E-state index in [1.165, 1.54) is 12.1 Å². The number of thioether (sulfide) groups is 1. The van der Waals surface area contributed by atoms with E-state index in [9.17, 15) is 18.8 Å². The Morgan fingerprint density at radius 1 is 1.41 bits per heavy atom. The summed E-state index contributed by atoms with van der Waals surface area (Å²) in [7, 11) is 0. The minimum atomic E-state index is -0.850. The minimum absolute atomic E-state index is 0.133. The maximum absolute atomic E-state index is 13.4. The Morgan fingerprint density at radius 3 is 2.95 bits per heavy atom. The van der Waals surface area contributed by atoms with Crippen LogP contribution in [0.15, 0.2) is 23.1 Å². The quantitative estimate of drug-likeness (QED) is 0.726. The predicted octanol–water partition coefficient (Wildman–Crippen LogP) is 1.08. The van der Waals surface area contributed by atoms with Gasteiger partial charge in [-0.25, -0.2) is 9.18 Å². The Hall–Kier alpha value is -2.09. The van der Waals surface area contributed by atoms with Gasteiger partial charge in [0.15, 0.2) is 0 Å². The van der Waals surface area contributed by atoms with Crippen LogP contribution in [0.1, 0.15) is 24.4 Å². The van der Waals surface area contributed by atoms with Crippen LogP contribution in [-0.4, -0.2) is 29.6 Å². The van der Waals surface area contributed by atoms with E-state index in [2.05, 4.69) is 16.0 Å². The molecule has 1 aromatic carbocycles. The molecule has 1 aromatic rings. The van der Waals surface area contributed by atoms with Crippen molar-refractivity contribution in [2.45, 2.75) is 29.8 Å². The fourth-order valence-electron chi connectivity index (χ4n) is 2.56. The summed E-state index contributed by atoms with van der Waals surface area (Å²) in [5.41, 5.74) is 0.754. The Kier molecular flexibility index (Phi) is 4.02. The van der Waals surface area contributed by atoms with Gasteiger partial charge < -0.3 is 10.6 Å². The van der Waals surface area contributed by atoms with Crippen molar-refractivity contribution in [2.75, 3.05) is 5.75 Å². The zero-order valence-corrected chi connectivity index (χ0v) is 12.3. The number of benzene rings is 1. The minimum Gasteiger partial charge on any atom is -0.349 e. The zero-order chi connectivity index (χ0) is 15.7. The van der Waals surface area contributed by atoms with Gasteiger partial charge in [0.1, 0.15) is 11.9 Å². The molecule has 6 nitrogen and oxygen atoms in total. The molecule has 116 valence electrons. The molecule has 2 heterocycles. The van der Waals surface area contributed by atoms with Crippen LogP contribution in [0.3, 0.4) is 0 Å². The summed E-state index contributed by atoms with van der Waals surface area (Å²) in [6.45, 7) is 0. The average Bonchev–Trinajstić information content (AvgIpc) is 2.77. The van der Waals surface area contributed by atoms with Gasteiger partial charge in [-0.3, -0.25) is 14.9 Å². The van der Waals surface area contributed by atoms with Gasteiger partial charge in [0, 0.05) is 10.6 Å². The molecule has 0 radical (unpaired) electrons. The van der Waals surface area contributed by atoms with Crippen molar-refractivity contribution in [3.8, 4) is 0 Å². The number of nitrogens with one attached hydrogen (secondary N) is 3. The molecule has 0 aromatic heterocycles. The molecule has 0 spiro atoms. The highest BCUT2D eigenvalue weighted by Gasteiger charge is 2.32. The summed E-state index contributed by atoms with van der Waals surface area (Å²) in [6, 6.07) is 2.81. The van der Waals surface area contributed by atoms with Gasteiger partial charge in [-0.05, 0) is 30.2 Å². The van der Waals surface area contributed by atoms with Gasteiger partial charge in [-0.2, -0.15) is 0 Å². The van der Waals surface area contributed by atoms with Crippen LogP contribution in [0.4, 0.5) is 9.18 Å². The standard InChI is InChI=1S/C14H14FN3O3S/c15-7-1-2-11-8(5-7)9(3-4-22-11)16-12(19)6-10-13(20)18-14(21)17-10/h1-2,5,9-10H,3-4,6H2,(H,16,19)(H2,17,18,20,21)/t9-,10+/m0/s1. The third kappa shape index (κ3) is 3.06. The summed E-state index contributed by atoms with van der Waals surface area (Å²) in [6.07, 6.45) is 0.557. The van der Waals surface area contributed by atoms with E-state index in [0.717, 1.165) is 16.2 Å². The lowest BCUT2D eigenvalue weighted by Crippen LogP contribution is -2.38. The second-order valence-electron chi connectivity index (χ2n) is 5.16. The van der Waals surface area contributed by atoms with E-state index in [0.29, 0.717) is 6.42 Å². The van der Waals surface area contributed by atoms with Crippen LogP contribution in [0.2, 0.25) is 0 Å². The van der Waals surface area contributed by atoms with E-state index in [1.54, 1.807) is 17.8 Å². The fraction of sp³-hybridized carbons (Fsp3) is 0.357. The van der Waals surface area contributed by atoms with Crippen molar-refractivity contribution in [2.24, 2.45) is 0 Å². The number of carbonyl (C=O) groups excluding carboxylic acids is 3.